The summed E-state index contributed by atoms with van der Waals surface area (Å²) in [5.41, 5.74) is 4.54. The Morgan fingerprint density at radius 2 is 1.94 bits per heavy atom. The molecule has 6 heteroatoms. The summed E-state index contributed by atoms with van der Waals surface area (Å²) in [6.07, 6.45) is 3.64. The number of ketones is 1. The van der Waals surface area contributed by atoms with Crippen molar-refractivity contribution < 1.29 is 14.6 Å². The molecule has 0 atom stereocenters. The van der Waals surface area contributed by atoms with Gasteiger partial charge in [0.05, 0.1) is 18.5 Å². The number of pyridine rings is 1. The van der Waals surface area contributed by atoms with Crippen LogP contribution in [0, 0.1) is 0 Å². The molecule has 0 bridgehead atoms. The van der Waals surface area contributed by atoms with Crippen molar-refractivity contribution in [2.45, 2.75) is 51.9 Å². The zero-order valence-corrected chi connectivity index (χ0v) is 18.8. The number of rotatable bonds is 9. The Morgan fingerprint density at radius 3 is 2.58 bits per heavy atom. The molecule has 164 valence electrons. The van der Waals surface area contributed by atoms with Crippen LogP contribution in [0.2, 0.25) is 0 Å². The number of aliphatic hydroxyl groups is 1. The first-order chi connectivity index (χ1) is 14.8. The molecule has 0 unspecified atom stereocenters. The molecule has 0 aliphatic carbocycles. The van der Waals surface area contributed by atoms with Gasteiger partial charge in [0.25, 0.3) is 0 Å². The topological polar surface area (TPSA) is 77.2 Å². The molecule has 1 aromatic carbocycles. The first-order valence-electron chi connectivity index (χ1n) is 10.6. The summed E-state index contributed by atoms with van der Waals surface area (Å²) in [4.78, 5) is 16.9. The molecule has 0 aliphatic rings. The quantitative estimate of drug-likeness (QED) is 0.568. The van der Waals surface area contributed by atoms with Crippen LogP contribution in [0.25, 0.3) is 5.69 Å². The van der Waals surface area contributed by atoms with Gasteiger partial charge in [0.15, 0.2) is 0 Å². The molecule has 0 saturated carbocycles. The molecule has 0 saturated heterocycles. The molecular weight excluding hydrogens is 390 g/mol. The van der Waals surface area contributed by atoms with Crippen LogP contribution in [0.1, 0.15) is 49.8 Å². The molecule has 2 heterocycles. The lowest BCUT2D eigenvalue weighted by Gasteiger charge is -2.14. The maximum Gasteiger partial charge on any atom is 0.137 e. The van der Waals surface area contributed by atoms with E-state index in [1.807, 2.05) is 41.1 Å². The second-order valence-corrected chi connectivity index (χ2v) is 8.73. The molecular formula is C25H31N3O3. The maximum atomic E-state index is 12.6. The van der Waals surface area contributed by atoms with Crippen LogP contribution in [-0.2, 0) is 29.5 Å². The number of aliphatic hydroxyl groups excluding tert-OH is 1. The summed E-state index contributed by atoms with van der Waals surface area (Å²) in [7, 11) is 1.65. The number of ether oxygens (including phenoxy) is 1. The number of aromatic nitrogens is 3. The van der Waals surface area contributed by atoms with Gasteiger partial charge in [-0.2, -0.15) is 5.10 Å². The van der Waals surface area contributed by atoms with Crippen LogP contribution >= 0.6 is 0 Å². The van der Waals surface area contributed by atoms with E-state index in [9.17, 15) is 4.79 Å². The van der Waals surface area contributed by atoms with E-state index in [0.717, 1.165) is 34.1 Å². The van der Waals surface area contributed by atoms with Gasteiger partial charge in [-0.05, 0) is 36.2 Å². The average molecular weight is 422 g/mol. The van der Waals surface area contributed by atoms with E-state index in [0.29, 0.717) is 25.7 Å². The Balaban J connectivity index is 1.75. The lowest BCUT2D eigenvalue weighted by atomic mass is 9.92. The molecule has 31 heavy (non-hydrogen) atoms. The largest absolute Gasteiger partial charge is 0.497 e. The molecule has 0 amide bonds. The van der Waals surface area contributed by atoms with Gasteiger partial charge in [0.1, 0.15) is 11.5 Å². The van der Waals surface area contributed by atoms with E-state index in [2.05, 4.69) is 31.8 Å². The van der Waals surface area contributed by atoms with Crippen molar-refractivity contribution in [3.8, 4) is 11.4 Å². The van der Waals surface area contributed by atoms with Crippen molar-refractivity contribution in [3.05, 3.63) is 71.3 Å². The normalized spacial score (nSPS) is 11.5. The fourth-order valence-corrected chi connectivity index (χ4v) is 3.34. The fourth-order valence-electron chi connectivity index (χ4n) is 3.34. The number of aryl methyl sites for hydroxylation is 1. The lowest BCUT2D eigenvalue weighted by molar-refractivity contribution is -0.118. The van der Waals surface area contributed by atoms with Gasteiger partial charge in [-0.1, -0.05) is 32.9 Å². The van der Waals surface area contributed by atoms with Crippen molar-refractivity contribution >= 4 is 5.78 Å². The van der Waals surface area contributed by atoms with Gasteiger partial charge in [0, 0.05) is 54.9 Å². The predicted octanol–water partition coefficient (Wildman–Crippen LogP) is 3.85. The minimum Gasteiger partial charge on any atom is -0.497 e. The van der Waals surface area contributed by atoms with Crippen LogP contribution in [0.15, 0.2) is 48.7 Å². The van der Waals surface area contributed by atoms with E-state index in [1.165, 1.54) is 0 Å². The summed E-state index contributed by atoms with van der Waals surface area (Å²) in [5, 5.41) is 13.8. The average Bonchev–Trinajstić information content (AvgIpc) is 3.19. The minimum absolute atomic E-state index is 0.0722. The number of carbonyl (C=O) groups is 1. The highest BCUT2D eigenvalue weighted by Crippen LogP contribution is 2.26. The van der Waals surface area contributed by atoms with Crippen LogP contribution in [-0.4, -0.2) is 39.4 Å². The summed E-state index contributed by atoms with van der Waals surface area (Å²) >= 11 is 0. The van der Waals surface area contributed by atoms with Crippen molar-refractivity contribution in [3.63, 3.8) is 0 Å². The first-order valence-corrected chi connectivity index (χ1v) is 10.6. The molecule has 0 aliphatic heterocycles. The molecule has 1 N–H and O–H groups in total. The SMILES string of the molecule is COc1cccc(-n2nc(C(C)(C)C)cc2CCC(=O)Cc2ccc(CCO)nc2)c1. The third kappa shape index (κ3) is 6.01. The summed E-state index contributed by atoms with van der Waals surface area (Å²) in [6, 6.07) is 13.7. The number of benzene rings is 1. The Morgan fingerprint density at radius 1 is 1.13 bits per heavy atom. The highest BCUT2D eigenvalue weighted by atomic mass is 16.5. The Kier molecular flexibility index (Phi) is 7.23. The van der Waals surface area contributed by atoms with Crippen LogP contribution in [0.3, 0.4) is 0 Å². The molecule has 6 nitrogen and oxygen atoms in total. The van der Waals surface area contributed by atoms with Crippen molar-refractivity contribution in [2.24, 2.45) is 0 Å². The lowest BCUT2D eigenvalue weighted by Crippen LogP contribution is -2.12. The van der Waals surface area contributed by atoms with Crippen LogP contribution in [0.5, 0.6) is 5.75 Å². The van der Waals surface area contributed by atoms with E-state index < -0.39 is 0 Å². The van der Waals surface area contributed by atoms with Gasteiger partial charge in [-0.3, -0.25) is 9.78 Å². The molecule has 0 radical (unpaired) electrons. The highest BCUT2D eigenvalue weighted by molar-refractivity contribution is 5.81. The fraction of sp³-hybridized carbons (Fsp3) is 0.400. The Labute approximate surface area is 183 Å². The van der Waals surface area contributed by atoms with E-state index in [4.69, 9.17) is 14.9 Å². The number of nitrogens with zero attached hydrogens (tertiary/aromatic N) is 3. The minimum atomic E-state index is -0.0924. The zero-order valence-electron chi connectivity index (χ0n) is 18.8. The molecule has 0 spiro atoms. The van der Waals surface area contributed by atoms with E-state index >= 15 is 0 Å². The third-order valence-corrected chi connectivity index (χ3v) is 5.16. The monoisotopic (exact) mass is 421 g/mol. The molecule has 0 fully saturated rings. The number of carbonyl (C=O) groups excluding carboxylic acids is 1. The number of hydrogen-bond acceptors (Lipinski definition) is 5. The van der Waals surface area contributed by atoms with Gasteiger partial charge in [-0.15, -0.1) is 0 Å². The van der Waals surface area contributed by atoms with Crippen LogP contribution in [0.4, 0.5) is 0 Å². The number of Topliss-reactive ketones (excluding diaryl/α,β-unsaturated/α-hetero) is 1. The summed E-state index contributed by atoms with van der Waals surface area (Å²) < 4.78 is 7.28. The van der Waals surface area contributed by atoms with Crippen LogP contribution < -0.4 is 4.74 Å². The van der Waals surface area contributed by atoms with E-state index in [-0.39, 0.29) is 17.8 Å². The highest BCUT2D eigenvalue weighted by Gasteiger charge is 2.21. The van der Waals surface area contributed by atoms with Crippen molar-refractivity contribution in [1.82, 2.24) is 14.8 Å². The first kappa shape index (κ1) is 22.7. The summed E-state index contributed by atoms with van der Waals surface area (Å²) in [6.45, 7) is 6.47. The van der Waals surface area contributed by atoms with Crippen molar-refractivity contribution in [1.29, 1.82) is 0 Å². The molecule has 3 rings (SSSR count). The van der Waals surface area contributed by atoms with Gasteiger partial charge < -0.3 is 9.84 Å². The smallest absolute Gasteiger partial charge is 0.137 e. The van der Waals surface area contributed by atoms with Gasteiger partial charge in [-0.25, -0.2) is 4.68 Å². The molecule has 2 aromatic heterocycles. The Bertz CT molecular complexity index is 1020. The van der Waals surface area contributed by atoms with Gasteiger partial charge in [0.2, 0.25) is 0 Å². The standard InChI is InChI=1S/C25H31N3O3/c1-25(2,3)24-16-21(28(27-24)20-6-5-7-23(15-20)31-4)10-11-22(30)14-18-8-9-19(12-13-29)26-17-18/h5-9,15-17,29H,10-14H2,1-4H3. The maximum absolute atomic E-state index is 12.6. The Hall–Kier alpha value is -2.99. The second kappa shape index (κ2) is 9.88. The van der Waals surface area contributed by atoms with Gasteiger partial charge >= 0.3 is 0 Å². The number of methoxy groups -OCH3 is 1. The summed E-state index contributed by atoms with van der Waals surface area (Å²) in [5.74, 6) is 0.928. The zero-order chi connectivity index (χ0) is 22.4. The second-order valence-electron chi connectivity index (χ2n) is 8.73. The van der Waals surface area contributed by atoms with Crippen molar-refractivity contribution in [2.75, 3.05) is 13.7 Å². The predicted molar refractivity (Wildman–Crippen MR) is 121 cm³/mol. The van der Waals surface area contributed by atoms with E-state index in [1.54, 1.807) is 13.3 Å². The third-order valence-electron chi connectivity index (χ3n) is 5.16. The number of hydrogen-bond donors (Lipinski definition) is 1. The molecule has 3 aromatic rings.